The predicted octanol–water partition coefficient (Wildman–Crippen LogP) is 2.28. The van der Waals surface area contributed by atoms with Crippen LogP contribution in [0.3, 0.4) is 0 Å². The van der Waals surface area contributed by atoms with Gasteiger partial charge in [0.1, 0.15) is 0 Å². The van der Waals surface area contributed by atoms with E-state index in [0.717, 1.165) is 0 Å². The number of ether oxygens (including phenoxy) is 2. The number of benzene rings is 1. The van der Waals surface area contributed by atoms with Gasteiger partial charge in [-0.1, -0.05) is 29.8 Å². The minimum Gasteiger partial charge on any atom is -0.466 e. The Bertz CT molecular complexity index is 754. The van der Waals surface area contributed by atoms with E-state index in [0.29, 0.717) is 16.3 Å². The monoisotopic (exact) mass is 365 g/mol. The Labute approximate surface area is 151 Å². The summed E-state index contributed by atoms with van der Waals surface area (Å²) in [5, 5.41) is 13.0. The van der Waals surface area contributed by atoms with Crippen molar-refractivity contribution in [3.05, 3.63) is 57.4 Å². The summed E-state index contributed by atoms with van der Waals surface area (Å²) in [6.07, 6.45) is 0. The molecule has 1 aliphatic heterocycles. The molecule has 0 bridgehead atoms. The summed E-state index contributed by atoms with van der Waals surface area (Å²) in [6.45, 7) is 3.10. The Hall–Kier alpha value is -2.31. The molecule has 1 heterocycles. The molecule has 0 aliphatic carbocycles. The average molecular weight is 366 g/mol. The van der Waals surface area contributed by atoms with E-state index < -0.39 is 24.5 Å². The van der Waals surface area contributed by atoms with Crippen molar-refractivity contribution in [2.45, 2.75) is 19.8 Å². The van der Waals surface area contributed by atoms with Gasteiger partial charge in [-0.05, 0) is 25.5 Å². The van der Waals surface area contributed by atoms with E-state index in [2.05, 4.69) is 5.32 Å². The molecule has 0 saturated carbocycles. The van der Waals surface area contributed by atoms with Gasteiger partial charge in [0.05, 0.1) is 43.1 Å². The molecule has 6 nitrogen and oxygen atoms in total. The lowest BCUT2D eigenvalue weighted by Crippen LogP contribution is -2.34. The Morgan fingerprint density at radius 1 is 1.24 bits per heavy atom. The number of carbonyl (C=O) groups excluding carboxylic acids is 2. The van der Waals surface area contributed by atoms with Crippen molar-refractivity contribution in [1.82, 2.24) is 5.32 Å². The molecule has 25 heavy (non-hydrogen) atoms. The second kappa shape index (κ2) is 8.18. The van der Waals surface area contributed by atoms with Gasteiger partial charge < -0.3 is 19.9 Å². The largest absolute Gasteiger partial charge is 0.466 e. The summed E-state index contributed by atoms with van der Waals surface area (Å²) < 4.78 is 10.0. The van der Waals surface area contributed by atoms with Crippen LogP contribution in [0.25, 0.3) is 0 Å². The summed E-state index contributed by atoms with van der Waals surface area (Å²) in [4.78, 5) is 25.0. The van der Waals surface area contributed by atoms with E-state index in [1.807, 2.05) is 0 Å². The number of allylic oxidation sites excluding steroid dienone is 1. The van der Waals surface area contributed by atoms with Crippen molar-refractivity contribution in [2.24, 2.45) is 0 Å². The van der Waals surface area contributed by atoms with Gasteiger partial charge in [0.25, 0.3) is 0 Å². The molecule has 0 amide bonds. The first kappa shape index (κ1) is 19.0. The maximum Gasteiger partial charge on any atom is 0.336 e. The second-order valence-electron chi connectivity index (χ2n) is 5.38. The lowest BCUT2D eigenvalue weighted by atomic mass is 9.80. The van der Waals surface area contributed by atoms with E-state index in [9.17, 15) is 14.7 Å². The molecule has 1 aromatic carbocycles. The average Bonchev–Trinajstić information content (AvgIpc) is 2.60. The lowest BCUT2D eigenvalue weighted by molar-refractivity contribution is -0.139. The molecule has 1 aromatic rings. The number of nitrogens with one attached hydrogen (secondary N) is 1. The number of aliphatic hydroxyl groups is 1. The van der Waals surface area contributed by atoms with Crippen LogP contribution in [0.2, 0.25) is 5.02 Å². The number of hydrogen-bond acceptors (Lipinski definition) is 6. The molecule has 0 fully saturated rings. The first-order valence-electron chi connectivity index (χ1n) is 7.77. The maximum absolute atomic E-state index is 12.6. The molecule has 1 atom stereocenters. The van der Waals surface area contributed by atoms with Crippen LogP contribution >= 0.6 is 11.6 Å². The highest BCUT2D eigenvalue weighted by atomic mass is 35.5. The van der Waals surface area contributed by atoms with Crippen molar-refractivity contribution in [3.63, 3.8) is 0 Å². The number of esters is 2. The van der Waals surface area contributed by atoms with Crippen LogP contribution in [-0.4, -0.2) is 37.4 Å². The van der Waals surface area contributed by atoms with Gasteiger partial charge in [-0.25, -0.2) is 9.59 Å². The minimum atomic E-state index is -0.802. The molecule has 0 aromatic heterocycles. The van der Waals surface area contributed by atoms with Crippen LogP contribution in [0, 0.1) is 0 Å². The van der Waals surface area contributed by atoms with Gasteiger partial charge in [-0.15, -0.1) is 0 Å². The number of hydrogen-bond donors (Lipinski definition) is 2. The zero-order chi connectivity index (χ0) is 18.6. The van der Waals surface area contributed by atoms with E-state index in [-0.39, 0.29) is 23.5 Å². The predicted molar refractivity (Wildman–Crippen MR) is 92.8 cm³/mol. The zero-order valence-electron chi connectivity index (χ0n) is 14.3. The molecular formula is C18H20ClNO5. The maximum atomic E-state index is 12.6. The van der Waals surface area contributed by atoms with Crippen molar-refractivity contribution in [3.8, 4) is 0 Å². The Balaban J connectivity index is 2.73. The summed E-state index contributed by atoms with van der Waals surface area (Å²) in [7, 11) is 1.27. The van der Waals surface area contributed by atoms with Gasteiger partial charge in [0.15, 0.2) is 0 Å². The zero-order valence-corrected chi connectivity index (χ0v) is 15.0. The van der Waals surface area contributed by atoms with Crippen molar-refractivity contribution < 1.29 is 24.2 Å². The van der Waals surface area contributed by atoms with E-state index >= 15 is 0 Å². The molecule has 2 N–H and O–H groups in total. The van der Waals surface area contributed by atoms with Crippen LogP contribution in [-0.2, 0) is 19.1 Å². The summed E-state index contributed by atoms with van der Waals surface area (Å²) in [6, 6.07) is 6.91. The SMILES string of the molecule is CCOC(=O)C1=C(CO)NC(C)=C(C(=O)OC)[C@H]1c1ccccc1Cl. The van der Waals surface area contributed by atoms with Gasteiger partial charge >= 0.3 is 11.9 Å². The van der Waals surface area contributed by atoms with Crippen LogP contribution in [0.4, 0.5) is 0 Å². The first-order valence-corrected chi connectivity index (χ1v) is 8.15. The number of halogens is 1. The normalized spacial score (nSPS) is 17.2. The number of rotatable bonds is 5. The van der Waals surface area contributed by atoms with E-state index in [4.69, 9.17) is 21.1 Å². The van der Waals surface area contributed by atoms with E-state index in [1.165, 1.54) is 7.11 Å². The third kappa shape index (κ3) is 3.70. The molecular weight excluding hydrogens is 346 g/mol. The Morgan fingerprint density at radius 2 is 1.92 bits per heavy atom. The fraction of sp³-hybridized carbons (Fsp3) is 0.333. The van der Waals surface area contributed by atoms with Crippen LogP contribution < -0.4 is 5.32 Å². The molecule has 1 aliphatic rings. The van der Waals surface area contributed by atoms with Crippen LogP contribution in [0.15, 0.2) is 46.8 Å². The molecule has 7 heteroatoms. The Kier molecular flexibility index (Phi) is 6.22. The summed E-state index contributed by atoms with van der Waals surface area (Å²) in [5.74, 6) is -2.02. The number of carbonyl (C=O) groups is 2. The van der Waals surface area contributed by atoms with E-state index in [1.54, 1.807) is 38.1 Å². The molecule has 2 rings (SSSR count). The highest BCUT2D eigenvalue weighted by Crippen LogP contribution is 2.41. The van der Waals surface area contributed by atoms with Gasteiger partial charge in [-0.3, -0.25) is 0 Å². The fourth-order valence-corrected chi connectivity index (χ4v) is 3.12. The molecule has 0 radical (unpaired) electrons. The molecule has 0 spiro atoms. The number of aliphatic hydroxyl groups excluding tert-OH is 1. The fourth-order valence-electron chi connectivity index (χ4n) is 2.87. The Morgan fingerprint density at radius 3 is 2.48 bits per heavy atom. The van der Waals surface area contributed by atoms with Crippen molar-refractivity contribution in [1.29, 1.82) is 0 Å². The van der Waals surface area contributed by atoms with Gasteiger partial charge in [0, 0.05) is 10.7 Å². The van der Waals surface area contributed by atoms with Gasteiger partial charge in [-0.2, -0.15) is 0 Å². The quantitative estimate of drug-likeness (QED) is 0.779. The number of methoxy groups -OCH3 is 1. The number of dihydropyridines is 1. The molecule has 0 saturated heterocycles. The summed E-state index contributed by atoms with van der Waals surface area (Å²) >= 11 is 6.32. The molecule has 134 valence electrons. The minimum absolute atomic E-state index is 0.142. The topological polar surface area (TPSA) is 84.9 Å². The third-order valence-electron chi connectivity index (χ3n) is 3.92. The molecule has 0 unspecified atom stereocenters. The van der Waals surface area contributed by atoms with Crippen molar-refractivity contribution >= 4 is 23.5 Å². The first-order chi connectivity index (χ1) is 12.0. The van der Waals surface area contributed by atoms with Crippen molar-refractivity contribution in [2.75, 3.05) is 20.3 Å². The van der Waals surface area contributed by atoms with Crippen LogP contribution in [0.1, 0.15) is 25.3 Å². The van der Waals surface area contributed by atoms with Crippen LogP contribution in [0.5, 0.6) is 0 Å². The third-order valence-corrected chi connectivity index (χ3v) is 4.26. The van der Waals surface area contributed by atoms with Gasteiger partial charge in [0.2, 0.25) is 0 Å². The second-order valence-corrected chi connectivity index (χ2v) is 5.79. The summed E-state index contributed by atoms with van der Waals surface area (Å²) in [5.41, 5.74) is 1.70. The lowest BCUT2D eigenvalue weighted by Gasteiger charge is -2.31. The highest BCUT2D eigenvalue weighted by molar-refractivity contribution is 6.31. The standard InChI is InChI=1S/C18H20ClNO5/c1-4-25-18(23)16-13(9-21)20-10(2)14(17(22)24-3)15(16)11-7-5-6-8-12(11)19/h5-8,15,20-21H,4,9H2,1-3H3/t15-/m1/s1. The highest BCUT2D eigenvalue weighted by Gasteiger charge is 2.39. The smallest absolute Gasteiger partial charge is 0.336 e.